The Labute approximate surface area is 156 Å². The van der Waals surface area contributed by atoms with Crippen LogP contribution in [-0.2, 0) is 4.79 Å². The van der Waals surface area contributed by atoms with E-state index in [0.29, 0.717) is 23.7 Å². The van der Waals surface area contributed by atoms with Crippen LogP contribution >= 0.6 is 35.0 Å². The summed E-state index contributed by atoms with van der Waals surface area (Å²) in [6.07, 6.45) is 0.0619. The predicted molar refractivity (Wildman–Crippen MR) is 101 cm³/mol. The lowest BCUT2D eigenvalue weighted by molar-refractivity contribution is -0.127. The van der Waals surface area contributed by atoms with Crippen LogP contribution in [0.5, 0.6) is 5.75 Å². The quantitative estimate of drug-likeness (QED) is 0.511. The number of nitrogens with one attached hydrogen (secondary N) is 1. The number of carbonyl (C=O) groups is 1. The standard InChI is InChI=1S/C18H19Cl2NO2S/c1-2-17(23-15-5-3-4-14(20)12-15)18(22)21-10-11-24-16-8-6-13(19)7-9-16/h3-9,12,17H,2,10-11H2,1H3,(H,21,22)/t17-/m1/s1. The molecule has 1 N–H and O–H groups in total. The molecule has 128 valence electrons. The molecule has 6 heteroatoms. The molecule has 24 heavy (non-hydrogen) atoms. The summed E-state index contributed by atoms with van der Waals surface area (Å²) >= 11 is 13.4. The molecule has 2 aromatic carbocycles. The molecule has 0 heterocycles. The first kappa shape index (κ1) is 19.0. The van der Waals surface area contributed by atoms with Crippen LogP contribution in [0.3, 0.4) is 0 Å². The molecular formula is C18H19Cl2NO2S. The zero-order valence-corrected chi connectivity index (χ0v) is 15.6. The molecule has 1 atom stereocenters. The van der Waals surface area contributed by atoms with Crippen LogP contribution in [0.4, 0.5) is 0 Å². The predicted octanol–water partition coefficient (Wildman–Crippen LogP) is 5.06. The third kappa shape index (κ3) is 6.27. The SMILES string of the molecule is CC[C@@H](Oc1cccc(Cl)c1)C(=O)NCCSc1ccc(Cl)cc1. The highest BCUT2D eigenvalue weighted by molar-refractivity contribution is 7.99. The van der Waals surface area contributed by atoms with Crippen LogP contribution in [0, 0.1) is 0 Å². The highest BCUT2D eigenvalue weighted by Crippen LogP contribution is 2.20. The summed E-state index contributed by atoms with van der Waals surface area (Å²) < 4.78 is 5.72. The van der Waals surface area contributed by atoms with E-state index >= 15 is 0 Å². The number of thioether (sulfide) groups is 1. The Morgan fingerprint density at radius 3 is 2.58 bits per heavy atom. The summed E-state index contributed by atoms with van der Waals surface area (Å²) in [6, 6.07) is 14.7. The van der Waals surface area contributed by atoms with Gasteiger partial charge in [-0.3, -0.25) is 4.79 Å². The molecule has 0 bridgehead atoms. The average molecular weight is 384 g/mol. The van der Waals surface area contributed by atoms with Gasteiger partial charge in [-0.1, -0.05) is 36.2 Å². The van der Waals surface area contributed by atoms with Crippen molar-refractivity contribution in [1.82, 2.24) is 5.32 Å². The molecule has 2 rings (SSSR count). The molecule has 3 nitrogen and oxygen atoms in total. The van der Waals surface area contributed by atoms with Crippen molar-refractivity contribution in [2.24, 2.45) is 0 Å². The molecule has 0 saturated carbocycles. The Morgan fingerprint density at radius 2 is 1.92 bits per heavy atom. The van der Waals surface area contributed by atoms with Crippen molar-refractivity contribution in [3.8, 4) is 5.75 Å². The largest absolute Gasteiger partial charge is 0.481 e. The normalized spacial score (nSPS) is 11.8. The van der Waals surface area contributed by atoms with Crippen LogP contribution in [0.2, 0.25) is 10.0 Å². The number of rotatable bonds is 8. The maximum Gasteiger partial charge on any atom is 0.261 e. The Kier molecular flexibility index (Phi) is 7.76. The Balaban J connectivity index is 1.76. The topological polar surface area (TPSA) is 38.3 Å². The monoisotopic (exact) mass is 383 g/mol. The summed E-state index contributed by atoms with van der Waals surface area (Å²) in [5, 5.41) is 4.21. The van der Waals surface area contributed by atoms with E-state index in [1.165, 1.54) is 0 Å². The fourth-order valence-corrected chi connectivity index (χ4v) is 3.09. The van der Waals surface area contributed by atoms with Gasteiger partial charge in [0.2, 0.25) is 0 Å². The first-order valence-electron chi connectivity index (χ1n) is 7.67. The van der Waals surface area contributed by atoms with E-state index in [1.54, 1.807) is 36.0 Å². The first-order valence-corrected chi connectivity index (χ1v) is 9.41. The van der Waals surface area contributed by atoms with Gasteiger partial charge < -0.3 is 10.1 Å². The maximum absolute atomic E-state index is 12.2. The van der Waals surface area contributed by atoms with Gasteiger partial charge in [0.1, 0.15) is 5.75 Å². The minimum Gasteiger partial charge on any atom is -0.481 e. The van der Waals surface area contributed by atoms with Gasteiger partial charge in [-0.25, -0.2) is 0 Å². The van der Waals surface area contributed by atoms with E-state index in [0.717, 1.165) is 15.7 Å². The van der Waals surface area contributed by atoms with E-state index in [4.69, 9.17) is 27.9 Å². The van der Waals surface area contributed by atoms with Crippen LogP contribution in [-0.4, -0.2) is 24.3 Å². The number of halogens is 2. The van der Waals surface area contributed by atoms with Gasteiger partial charge in [0.05, 0.1) is 0 Å². The van der Waals surface area contributed by atoms with E-state index in [-0.39, 0.29) is 5.91 Å². The van der Waals surface area contributed by atoms with Crippen molar-refractivity contribution >= 4 is 40.9 Å². The second-order valence-corrected chi connectivity index (χ2v) is 7.11. The third-order valence-corrected chi connectivity index (χ3v) is 4.72. The summed E-state index contributed by atoms with van der Waals surface area (Å²) in [5.41, 5.74) is 0. The average Bonchev–Trinajstić information content (AvgIpc) is 2.58. The molecule has 0 aliphatic heterocycles. The van der Waals surface area contributed by atoms with Gasteiger partial charge in [-0.15, -0.1) is 11.8 Å². The lowest BCUT2D eigenvalue weighted by atomic mass is 10.2. The molecule has 0 fully saturated rings. The van der Waals surface area contributed by atoms with E-state index in [2.05, 4.69) is 5.32 Å². The molecule has 0 spiro atoms. The summed E-state index contributed by atoms with van der Waals surface area (Å²) in [6.45, 7) is 2.48. The van der Waals surface area contributed by atoms with Gasteiger partial charge in [0.25, 0.3) is 5.91 Å². The Morgan fingerprint density at radius 1 is 1.17 bits per heavy atom. The van der Waals surface area contributed by atoms with Crippen molar-refractivity contribution in [2.45, 2.75) is 24.3 Å². The van der Waals surface area contributed by atoms with Gasteiger partial charge in [0, 0.05) is 27.2 Å². The molecule has 0 unspecified atom stereocenters. The third-order valence-electron chi connectivity index (χ3n) is 3.22. The Hall–Kier alpha value is -1.36. The number of hydrogen-bond acceptors (Lipinski definition) is 3. The fourth-order valence-electron chi connectivity index (χ4n) is 2.01. The van der Waals surface area contributed by atoms with E-state index in [9.17, 15) is 4.79 Å². The minimum atomic E-state index is -0.524. The van der Waals surface area contributed by atoms with E-state index < -0.39 is 6.10 Å². The molecule has 0 aliphatic rings. The van der Waals surface area contributed by atoms with Crippen LogP contribution in [0.15, 0.2) is 53.4 Å². The van der Waals surface area contributed by atoms with Gasteiger partial charge in [0.15, 0.2) is 6.10 Å². The number of benzene rings is 2. The zero-order valence-electron chi connectivity index (χ0n) is 13.3. The van der Waals surface area contributed by atoms with Crippen molar-refractivity contribution in [2.75, 3.05) is 12.3 Å². The highest BCUT2D eigenvalue weighted by Gasteiger charge is 2.17. The smallest absolute Gasteiger partial charge is 0.261 e. The summed E-state index contributed by atoms with van der Waals surface area (Å²) in [5.74, 6) is 1.26. The van der Waals surface area contributed by atoms with Crippen LogP contribution < -0.4 is 10.1 Å². The van der Waals surface area contributed by atoms with Crippen LogP contribution in [0.25, 0.3) is 0 Å². The number of amides is 1. The lowest BCUT2D eigenvalue weighted by Crippen LogP contribution is -2.39. The molecule has 0 aromatic heterocycles. The molecule has 1 amide bonds. The van der Waals surface area contributed by atoms with Gasteiger partial charge in [-0.05, 0) is 48.9 Å². The van der Waals surface area contributed by atoms with Crippen molar-refractivity contribution < 1.29 is 9.53 Å². The van der Waals surface area contributed by atoms with Crippen LogP contribution in [0.1, 0.15) is 13.3 Å². The molecule has 2 aromatic rings. The van der Waals surface area contributed by atoms with E-state index in [1.807, 2.05) is 31.2 Å². The summed E-state index contributed by atoms with van der Waals surface area (Å²) in [7, 11) is 0. The minimum absolute atomic E-state index is 0.116. The molecular weight excluding hydrogens is 365 g/mol. The molecule has 0 saturated heterocycles. The van der Waals surface area contributed by atoms with Crippen molar-refractivity contribution in [3.63, 3.8) is 0 Å². The zero-order chi connectivity index (χ0) is 17.4. The van der Waals surface area contributed by atoms with Crippen molar-refractivity contribution in [3.05, 3.63) is 58.6 Å². The van der Waals surface area contributed by atoms with Gasteiger partial charge >= 0.3 is 0 Å². The van der Waals surface area contributed by atoms with Gasteiger partial charge in [-0.2, -0.15) is 0 Å². The second-order valence-electron chi connectivity index (χ2n) is 5.07. The highest BCUT2D eigenvalue weighted by atomic mass is 35.5. The number of ether oxygens (including phenoxy) is 1. The molecule has 0 aliphatic carbocycles. The number of carbonyl (C=O) groups excluding carboxylic acids is 1. The molecule has 0 radical (unpaired) electrons. The lowest BCUT2D eigenvalue weighted by Gasteiger charge is -2.17. The second kappa shape index (κ2) is 9.82. The maximum atomic E-state index is 12.2. The fraction of sp³-hybridized carbons (Fsp3) is 0.278. The number of hydrogen-bond donors (Lipinski definition) is 1. The summed E-state index contributed by atoms with van der Waals surface area (Å²) in [4.78, 5) is 13.3. The first-order chi connectivity index (χ1) is 11.6. The Bertz CT molecular complexity index is 664. The van der Waals surface area contributed by atoms with Crippen molar-refractivity contribution in [1.29, 1.82) is 0 Å².